The lowest BCUT2D eigenvalue weighted by Crippen LogP contribution is -1.93. The molecule has 1 heterocycles. The van der Waals surface area contributed by atoms with Crippen molar-refractivity contribution in [3.05, 3.63) is 18.0 Å². The molecule has 0 aliphatic heterocycles. The number of hydrogen-bond acceptors (Lipinski definition) is 1. The average Bonchev–Trinajstić information content (AvgIpc) is 2.58. The van der Waals surface area contributed by atoms with E-state index in [2.05, 4.69) is 22.0 Å². The van der Waals surface area contributed by atoms with Crippen molar-refractivity contribution in [2.24, 2.45) is 0 Å². The highest BCUT2D eigenvalue weighted by Gasteiger charge is 2.23. The zero-order chi connectivity index (χ0) is 6.27. The summed E-state index contributed by atoms with van der Waals surface area (Å²) in [6, 6.07) is 2.79. The number of rotatable bonds is 1. The fraction of sp³-hybridized carbons (Fsp3) is 0.571. The van der Waals surface area contributed by atoms with Gasteiger partial charge in [-0.1, -0.05) is 0 Å². The second kappa shape index (κ2) is 1.59. The van der Waals surface area contributed by atoms with Crippen LogP contribution < -0.4 is 0 Å². The first-order valence-electron chi connectivity index (χ1n) is 3.38. The Morgan fingerprint density at radius 3 is 2.89 bits per heavy atom. The smallest absolute Gasteiger partial charge is 0.0593 e. The predicted octanol–water partition coefficient (Wildman–Crippen LogP) is 1.53. The topological polar surface area (TPSA) is 17.8 Å². The molecule has 2 nitrogen and oxygen atoms in total. The minimum atomic E-state index is 0.735. The van der Waals surface area contributed by atoms with Crippen molar-refractivity contribution >= 4 is 0 Å². The van der Waals surface area contributed by atoms with E-state index in [1.54, 1.807) is 0 Å². The van der Waals surface area contributed by atoms with Gasteiger partial charge in [-0.3, -0.25) is 4.68 Å². The van der Waals surface area contributed by atoms with Gasteiger partial charge >= 0.3 is 0 Å². The zero-order valence-corrected chi connectivity index (χ0v) is 5.54. The van der Waals surface area contributed by atoms with Crippen molar-refractivity contribution in [3.8, 4) is 0 Å². The molecule has 48 valence electrons. The summed E-state index contributed by atoms with van der Waals surface area (Å²) in [7, 11) is 0. The van der Waals surface area contributed by atoms with E-state index in [-0.39, 0.29) is 0 Å². The van der Waals surface area contributed by atoms with Crippen LogP contribution in [-0.4, -0.2) is 9.78 Å². The maximum absolute atomic E-state index is 4.29. The van der Waals surface area contributed by atoms with Gasteiger partial charge in [0.05, 0.1) is 11.7 Å². The Bertz CT molecular complexity index is 210. The third kappa shape index (κ3) is 0.846. The molecule has 0 amide bonds. The summed E-state index contributed by atoms with van der Waals surface area (Å²) >= 11 is 0. The van der Waals surface area contributed by atoms with Gasteiger partial charge in [0, 0.05) is 6.20 Å². The maximum Gasteiger partial charge on any atom is 0.0593 e. The van der Waals surface area contributed by atoms with Gasteiger partial charge < -0.3 is 0 Å². The van der Waals surface area contributed by atoms with E-state index < -0.39 is 0 Å². The Hall–Kier alpha value is -0.790. The van der Waals surface area contributed by atoms with E-state index in [1.807, 2.05) is 6.92 Å². The van der Waals surface area contributed by atoms with Gasteiger partial charge in [0.15, 0.2) is 0 Å². The summed E-state index contributed by atoms with van der Waals surface area (Å²) in [5.74, 6) is 0. The standard InChI is InChI=1S/C7H10N2/c1-6-4-5-9(8-6)7-2-3-7/h4-5,7H,2-3H2,1H3. The lowest BCUT2D eigenvalue weighted by Gasteiger charge is -1.92. The normalized spacial score (nSPS) is 18.3. The first kappa shape index (κ1) is 5.03. The molecule has 1 aromatic rings. The molecule has 0 spiro atoms. The maximum atomic E-state index is 4.29. The molecular formula is C7H10N2. The first-order chi connectivity index (χ1) is 4.36. The highest BCUT2D eigenvalue weighted by molar-refractivity contribution is 4.97. The SMILES string of the molecule is Cc1ccn(C2CC2)n1. The number of hydrogen-bond donors (Lipinski definition) is 0. The number of aryl methyl sites for hydroxylation is 1. The van der Waals surface area contributed by atoms with Crippen LogP contribution in [-0.2, 0) is 0 Å². The quantitative estimate of drug-likeness (QED) is 0.552. The molecule has 0 N–H and O–H groups in total. The monoisotopic (exact) mass is 122 g/mol. The molecule has 1 aliphatic carbocycles. The van der Waals surface area contributed by atoms with Crippen molar-refractivity contribution in [1.82, 2.24) is 9.78 Å². The summed E-state index contributed by atoms with van der Waals surface area (Å²) in [5, 5.41) is 4.29. The van der Waals surface area contributed by atoms with Crippen LogP contribution in [0.2, 0.25) is 0 Å². The van der Waals surface area contributed by atoms with Gasteiger partial charge in [-0.25, -0.2) is 0 Å². The predicted molar refractivity (Wildman–Crippen MR) is 35.2 cm³/mol. The molecule has 1 fully saturated rings. The fourth-order valence-electron chi connectivity index (χ4n) is 0.975. The van der Waals surface area contributed by atoms with Crippen LogP contribution in [0.4, 0.5) is 0 Å². The van der Waals surface area contributed by atoms with Crippen molar-refractivity contribution in [1.29, 1.82) is 0 Å². The lowest BCUT2D eigenvalue weighted by atomic mass is 10.5. The van der Waals surface area contributed by atoms with Gasteiger partial charge in [-0.2, -0.15) is 5.10 Å². The van der Waals surface area contributed by atoms with Crippen molar-refractivity contribution in [2.45, 2.75) is 25.8 Å². The van der Waals surface area contributed by atoms with Crippen LogP contribution in [0.25, 0.3) is 0 Å². The minimum absolute atomic E-state index is 0.735. The van der Waals surface area contributed by atoms with E-state index in [9.17, 15) is 0 Å². The molecule has 2 heteroatoms. The van der Waals surface area contributed by atoms with Crippen LogP contribution >= 0.6 is 0 Å². The molecule has 0 unspecified atom stereocenters. The number of aromatic nitrogens is 2. The summed E-state index contributed by atoms with van der Waals surface area (Å²) in [4.78, 5) is 0. The van der Waals surface area contributed by atoms with Crippen LogP contribution in [0.3, 0.4) is 0 Å². The van der Waals surface area contributed by atoms with Gasteiger partial charge in [0.25, 0.3) is 0 Å². The van der Waals surface area contributed by atoms with E-state index in [0.29, 0.717) is 0 Å². The molecule has 1 aliphatic rings. The third-order valence-corrected chi connectivity index (χ3v) is 1.66. The molecule has 0 radical (unpaired) electrons. The van der Waals surface area contributed by atoms with E-state index in [0.717, 1.165) is 11.7 Å². The highest BCUT2D eigenvalue weighted by Crippen LogP contribution is 2.33. The summed E-state index contributed by atoms with van der Waals surface area (Å²) in [6.07, 6.45) is 4.70. The van der Waals surface area contributed by atoms with Gasteiger partial charge in [-0.05, 0) is 25.8 Å². The minimum Gasteiger partial charge on any atom is -0.269 e. The molecular weight excluding hydrogens is 112 g/mol. The van der Waals surface area contributed by atoms with E-state index in [1.165, 1.54) is 12.8 Å². The Labute approximate surface area is 54.5 Å². The molecule has 0 atom stereocenters. The van der Waals surface area contributed by atoms with Gasteiger partial charge in [0.1, 0.15) is 0 Å². The second-order valence-corrected chi connectivity index (χ2v) is 2.67. The zero-order valence-electron chi connectivity index (χ0n) is 5.54. The Balaban J connectivity index is 2.28. The van der Waals surface area contributed by atoms with Crippen molar-refractivity contribution in [3.63, 3.8) is 0 Å². The average molecular weight is 122 g/mol. The summed E-state index contributed by atoms with van der Waals surface area (Å²) < 4.78 is 2.06. The Morgan fingerprint density at radius 2 is 2.44 bits per heavy atom. The van der Waals surface area contributed by atoms with Crippen molar-refractivity contribution < 1.29 is 0 Å². The Morgan fingerprint density at radius 1 is 1.67 bits per heavy atom. The van der Waals surface area contributed by atoms with Crippen LogP contribution in [0.5, 0.6) is 0 Å². The van der Waals surface area contributed by atoms with Gasteiger partial charge in [0.2, 0.25) is 0 Å². The molecule has 0 aromatic carbocycles. The molecule has 0 saturated heterocycles. The summed E-state index contributed by atoms with van der Waals surface area (Å²) in [6.45, 7) is 2.03. The van der Waals surface area contributed by atoms with Crippen LogP contribution in [0.15, 0.2) is 12.3 Å². The lowest BCUT2D eigenvalue weighted by molar-refractivity contribution is 0.635. The molecule has 1 aromatic heterocycles. The molecule has 0 bridgehead atoms. The fourth-order valence-corrected chi connectivity index (χ4v) is 0.975. The second-order valence-electron chi connectivity index (χ2n) is 2.67. The molecule has 1 saturated carbocycles. The van der Waals surface area contributed by atoms with Gasteiger partial charge in [-0.15, -0.1) is 0 Å². The largest absolute Gasteiger partial charge is 0.269 e. The van der Waals surface area contributed by atoms with Crippen LogP contribution in [0.1, 0.15) is 24.6 Å². The molecule has 2 rings (SSSR count). The van der Waals surface area contributed by atoms with E-state index >= 15 is 0 Å². The number of nitrogens with zero attached hydrogens (tertiary/aromatic N) is 2. The molecule has 9 heavy (non-hydrogen) atoms. The third-order valence-electron chi connectivity index (χ3n) is 1.66. The highest BCUT2D eigenvalue weighted by atomic mass is 15.3. The first-order valence-corrected chi connectivity index (χ1v) is 3.38. The summed E-state index contributed by atoms with van der Waals surface area (Å²) in [5.41, 5.74) is 1.13. The van der Waals surface area contributed by atoms with Crippen molar-refractivity contribution in [2.75, 3.05) is 0 Å². The van der Waals surface area contributed by atoms with Crippen LogP contribution in [0, 0.1) is 6.92 Å². The Kier molecular flexibility index (Phi) is 0.891. The van der Waals surface area contributed by atoms with E-state index in [4.69, 9.17) is 0 Å².